The van der Waals surface area contributed by atoms with Crippen molar-refractivity contribution in [2.75, 3.05) is 6.54 Å². The fourth-order valence-electron chi connectivity index (χ4n) is 1.97. The molecule has 0 saturated heterocycles. The molecular formula is C16H33N. The van der Waals surface area contributed by atoms with Gasteiger partial charge in [-0.3, -0.25) is 0 Å². The highest BCUT2D eigenvalue weighted by Gasteiger charge is 2.01. The molecule has 0 aliphatic rings. The molecule has 0 bridgehead atoms. The lowest BCUT2D eigenvalue weighted by Crippen LogP contribution is -2.28. The van der Waals surface area contributed by atoms with Crippen LogP contribution in [-0.2, 0) is 0 Å². The van der Waals surface area contributed by atoms with Crippen LogP contribution in [0.3, 0.4) is 0 Å². The van der Waals surface area contributed by atoms with Crippen LogP contribution in [0, 0.1) is 0 Å². The maximum Gasteiger partial charge on any atom is 0.00989 e. The van der Waals surface area contributed by atoms with Crippen LogP contribution in [0.15, 0.2) is 12.2 Å². The van der Waals surface area contributed by atoms with Gasteiger partial charge in [-0.15, -0.1) is 0 Å². The molecule has 0 spiro atoms. The molecule has 0 amide bonds. The summed E-state index contributed by atoms with van der Waals surface area (Å²) in [4.78, 5) is 0. The summed E-state index contributed by atoms with van der Waals surface area (Å²) in [7, 11) is 0. The van der Waals surface area contributed by atoms with E-state index >= 15 is 0 Å². The molecule has 1 N–H and O–H groups in total. The van der Waals surface area contributed by atoms with E-state index in [0.717, 1.165) is 0 Å². The standard InChI is InChI=1S/C16H33N/c1-4-7-9-10-11-12-14-16(6-3)17-15-13-8-5-2/h11-12,16-17H,4-10,13-15H2,1-3H3. The number of hydrogen-bond acceptors (Lipinski definition) is 1. The molecule has 0 aromatic rings. The molecule has 1 unspecified atom stereocenters. The van der Waals surface area contributed by atoms with Gasteiger partial charge in [0, 0.05) is 6.04 Å². The zero-order chi connectivity index (χ0) is 12.8. The van der Waals surface area contributed by atoms with E-state index < -0.39 is 0 Å². The Hall–Kier alpha value is -0.300. The summed E-state index contributed by atoms with van der Waals surface area (Å²) in [5.74, 6) is 0. The van der Waals surface area contributed by atoms with E-state index in [1.807, 2.05) is 0 Å². The largest absolute Gasteiger partial charge is 0.314 e. The molecule has 102 valence electrons. The normalized spacial score (nSPS) is 13.4. The number of hydrogen-bond donors (Lipinski definition) is 1. The van der Waals surface area contributed by atoms with Crippen molar-refractivity contribution in [1.82, 2.24) is 5.32 Å². The first-order valence-corrected chi connectivity index (χ1v) is 7.73. The van der Waals surface area contributed by atoms with Crippen molar-refractivity contribution in [1.29, 1.82) is 0 Å². The zero-order valence-electron chi connectivity index (χ0n) is 12.3. The van der Waals surface area contributed by atoms with E-state index in [9.17, 15) is 0 Å². The first-order valence-electron chi connectivity index (χ1n) is 7.73. The maximum absolute atomic E-state index is 3.66. The average Bonchev–Trinajstić information content (AvgIpc) is 2.36. The summed E-state index contributed by atoms with van der Waals surface area (Å²) in [6.45, 7) is 7.99. The lowest BCUT2D eigenvalue weighted by atomic mass is 10.1. The molecule has 0 saturated carbocycles. The van der Waals surface area contributed by atoms with Crippen LogP contribution in [0.5, 0.6) is 0 Å². The minimum absolute atomic E-state index is 0.689. The second-order valence-electron chi connectivity index (χ2n) is 4.97. The van der Waals surface area contributed by atoms with Crippen molar-refractivity contribution >= 4 is 0 Å². The van der Waals surface area contributed by atoms with Crippen molar-refractivity contribution < 1.29 is 0 Å². The maximum atomic E-state index is 3.66. The van der Waals surface area contributed by atoms with Crippen molar-refractivity contribution in [2.24, 2.45) is 0 Å². The number of unbranched alkanes of at least 4 members (excludes halogenated alkanes) is 5. The van der Waals surface area contributed by atoms with Gasteiger partial charge in [0.1, 0.15) is 0 Å². The fourth-order valence-corrected chi connectivity index (χ4v) is 1.97. The molecule has 0 aliphatic carbocycles. The SMILES string of the molecule is CCCCCC=CCC(CC)NCCCCC. The van der Waals surface area contributed by atoms with Crippen LogP contribution in [0.1, 0.15) is 78.6 Å². The Morgan fingerprint density at radius 1 is 0.882 bits per heavy atom. The highest BCUT2D eigenvalue weighted by atomic mass is 14.9. The summed E-state index contributed by atoms with van der Waals surface area (Å²) in [6.07, 6.45) is 16.5. The molecule has 0 aromatic carbocycles. The van der Waals surface area contributed by atoms with E-state index in [1.54, 1.807) is 0 Å². The van der Waals surface area contributed by atoms with Gasteiger partial charge in [-0.05, 0) is 38.6 Å². The first kappa shape index (κ1) is 16.7. The average molecular weight is 239 g/mol. The zero-order valence-corrected chi connectivity index (χ0v) is 12.3. The number of allylic oxidation sites excluding steroid dienone is 1. The predicted molar refractivity (Wildman–Crippen MR) is 79.5 cm³/mol. The van der Waals surface area contributed by atoms with Gasteiger partial charge in [0.05, 0.1) is 0 Å². The molecule has 17 heavy (non-hydrogen) atoms. The van der Waals surface area contributed by atoms with Crippen LogP contribution in [0.4, 0.5) is 0 Å². The van der Waals surface area contributed by atoms with Crippen molar-refractivity contribution in [3.05, 3.63) is 12.2 Å². The lowest BCUT2D eigenvalue weighted by molar-refractivity contribution is 0.487. The Balaban J connectivity index is 3.45. The topological polar surface area (TPSA) is 12.0 Å². The molecule has 0 radical (unpaired) electrons. The highest BCUT2D eigenvalue weighted by Crippen LogP contribution is 2.04. The van der Waals surface area contributed by atoms with Gasteiger partial charge in [0.25, 0.3) is 0 Å². The van der Waals surface area contributed by atoms with E-state index in [0.29, 0.717) is 6.04 Å². The highest BCUT2D eigenvalue weighted by molar-refractivity contribution is 4.86. The third-order valence-electron chi connectivity index (χ3n) is 3.27. The summed E-state index contributed by atoms with van der Waals surface area (Å²) >= 11 is 0. The molecule has 1 nitrogen and oxygen atoms in total. The Morgan fingerprint density at radius 2 is 1.59 bits per heavy atom. The smallest absolute Gasteiger partial charge is 0.00989 e. The summed E-state index contributed by atoms with van der Waals surface area (Å²) < 4.78 is 0. The molecule has 1 heteroatoms. The third-order valence-corrected chi connectivity index (χ3v) is 3.27. The molecule has 0 fully saturated rings. The molecule has 0 heterocycles. The molecule has 0 aliphatic heterocycles. The second-order valence-corrected chi connectivity index (χ2v) is 4.97. The number of nitrogens with one attached hydrogen (secondary N) is 1. The third kappa shape index (κ3) is 12.0. The van der Waals surface area contributed by atoms with Gasteiger partial charge in [-0.25, -0.2) is 0 Å². The molecule has 0 rings (SSSR count). The van der Waals surface area contributed by atoms with Crippen LogP contribution < -0.4 is 5.32 Å². The van der Waals surface area contributed by atoms with Crippen molar-refractivity contribution in [3.63, 3.8) is 0 Å². The molecule has 0 aromatic heterocycles. The Bertz CT molecular complexity index is 163. The van der Waals surface area contributed by atoms with E-state index in [4.69, 9.17) is 0 Å². The van der Waals surface area contributed by atoms with Gasteiger partial charge in [0.15, 0.2) is 0 Å². The Kier molecular flexibility index (Phi) is 13.5. The van der Waals surface area contributed by atoms with Gasteiger partial charge in [-0.1, -0.05) is 58.6 Å². The number of rotatable bonds is 12. The van der Waals surface area contributed by atoms with E-state index in [2.05, 4.69) is 38.2 Å². The first-order chi connectivity index (χ1) is 8.35. The van der Waals surface area contributed by atoms with Crippen molar-refractivity contribution in [3.8, 4) is 0 Å². The molecular weight excluding hydrogens is 206 g/mol. The minimum Gasteiger partial charge on any atom is -0.314 e. The van der Waals surface area contributed by atoms with Gasteiger partial charge < -0.3 is 5.32 Å². The Morgan fingerprint density at radius 3 is 2.24 bits per heavy atom. The summed E-state index contributed by atoms with van der Waals surface area (Å²) in [6, 6.07) is 0.689. The summed E-state index contributed by atoms with van der Waals surface area (Å²) in [5.41, 5.74) is 0. The predicted octanol–water partition coefficient (Wildman–Crippen LogP) is 5.07. The Labute approximate surface area is 109 Å². The van der Waals surface area contributed by atoms with Crippen LogP contribution in [-0.4, -0.2) is 12.6 Å². The van der Waals surface area contributed by atoms with E-state index in [-0.39, 0.29) is 0 Å². The van der Waals surface area contributed by atoms with Crippen LogP contribution in [0.2, 0.25) is 0 Å². The van der Waals surface area contributed by atoms with Crippen LogP contribution in [0.25, 0.3) is 0 Å². The summed E-state index contributed by atoms with van der Waals surface area (Å²) in [5, 5.41) is 3.66. The minimum atomic E-state index is 0.689. The second kappa shape index (κ2) is 13.8. The van der Waals surface area contributed by atoms with Crippen LogP contribution >= 0.6 is 0 Å². The van der Waals surface area contributed by atoms with Gasteiger partial charge in [0.2, 0.25) is 0 Å². The quantitative estimate of drug-likeness (QED) is 0.370. The van der Waals surface area contributed by atoms with E-state index in [1.165, 1.54) is 64.3 Å². The van der Waals surface area contributed by atoms with Gasteiger partial charge >= 0.3 is 0 Å². The van der Waals surface area contributed by atoms with Crippen molar-refractivity contribution in [2.45, 2.75) is 84.6 Å². The van der Waals surface area contributed by atoms with Gasteiger partial charge in [-0.2, -0.15) is 0 Å². The fraction of sp³-hybridized carbons (Fsp3) is 0.875. The monoisotopic (exact) mass is 239 g/mol. The lowest BCUT2D eigenvalue weighted by Gasteiger charge is -2.14. The molecule has 1 atom stereocenters.